The SMILES string of the molecule is N#CCCCCc1ccsc1. The number of nitrogens with zero attached hydrogens (tertiary/aromatic N) is 1. The topological polar surface area (TPSA) is 23.8 Å². The smallest absolute Gasteiger partial charge is 0.0621 e. The molecule has 0 aliphatic rings. The van der Waals surface area contributed by atoms with Crippen LogP contribution in [0.1, 0.15) is 24.8 Å². The van der Waals surface area contributed by atoms with Crippen LogP contribution in [-0.2, 0) is 6.42 Å². The second-order valence-electron chi connectivity index (χ2n) is 2.50. The van der Waals surface area contributed by atoms with Crippen LogP contribution in [0.15, 0.2) is 16.8 Å². The average molecular weight is 165 g/mol. The van der Waals surface area contributed by atoms with Gasteiger partial charge in [0.05, 0.1) is 6.07 Å². The van der Waals surface area contributed by atoms with Crippen LogP contribution in [0.5, 0.6) is 0 Å². The Labute approximate surface area is 71.3 Å². The molecule has 1 heterocycles. The van der Waals surface area contributed by atoms with E-state index >= 15 is 0 Å². The van der Waals surface area contributed by atoms with Gasteiger partial charge in [-0.2, -0.15) is 16.6 Å². The summed E-state index contributed by atoms with van der Waals surface area (Å²) in [6, 6.07) is 4.30. The highest BCUT2D eigenvalue weighted by Crippen LogP contribution is 2.09. The maximum absolute atomic E-state index is 8.28. The molecular weight excluding hydrogens is 154 g/mol. The highest BCUT2D eigenvalue weighted by molar-refractivity contribution is 7.07. The van der Waals surface area contributed by atoms with Crippen LogP contribution in [0.25, 0.3) is 0 Å². The van der Waals surface area contributed by atoms with Crippen molar-refractivity contribution in [3.8, 4) is 6.07 Å². The van der Waals surface area contributed by atoms with Gasteiger partial charge in [0, 0.05) is 6.42 Å². The number of hydrogen-bond acceptors (Lipinski definition) is 2. The lowest BCUT2D eigenvalue weighted by Gasteiger charge is -1.93. The molecule has 58 valence electrons. The van der Waals surface area contributed by atoms with Crippen LogP contribution in [0, 0.1) is 11.3 Å². The van der Waals surface area contributed by atoms with Crippen molar-refractivity contribution in [3.05, 3.63) is 22.4 Å². The lowest BCUT2D eigenvalue weighted by Crippen LogP contribution is -1.80. The summed E-state index contributed by atoms with van der Waals surface area (Å²) in [5, 5.41) is 12.5. The van der Waals surface area contributed by atoms with Gasteiger partial charge < -0.3 is 0 Å². The molecule has 0 spiro atoms. The fourth-order valence-electron chi connectivity index (χ4n) is 0.968. The fraction of sp³-hybridized carbons (Fsp3) is 0.444. The van der Waals surface area contributed by atoms with Gasteiger partial charge in [-0.25, -0.2) is 0 Å². The van der Waals surface area contributed by atoms with E-state index in [9.17, 15) is 0 Å². The number of aryl methyl sites for hydroxylation is 1. The molecule has 0 saturated heterocycles. The molecule has 0 amide bonds. The van der Waals surface area contributed by atoms with E-state index in [2.05, 4.69) is 22.9 Å². The minimum Gasteiger partial charge on any atom is -0.198 e. The molecule has 0 N–H and O–H groups in total. The first kappa shape index (κ1) is 8.29. The molecule has 0 aromatic carbocycles. The van der Waals surface area contributed by atoms with Crippen LogP contribution < -0.4 is 0 Å². The molecule has 1 rings (SSSR count). The van der Waals surface area contributed by atoms with Gasteiger partial charge in [-0.1, -0.05) is 0 Å². The molecule has 0 bridgehead atoms. The molecular formula is C9H11NS. The molecule has 0 aliphatic heterocycles. The van der Waals surface area contributed by atoms with Crippen molar-refractivity contribution in [1.82, 2.24) is 0 Å². The maximum Gasteiger partial charge on any atom is 0.0621 e. The lowest BCUT2D eigenvalue weighted by atomic mass is 10.1. The summed E-state index contributed by atoms with van der Waals surface area (Å²) in [6.45, 7) is 0. The van der Waals surface area contributed by atoms with E-state index in [4.69, 9.17) is 5.26 Å². The summed E-state index contributed by atoms with van der Waals surface area (Å²) in [5.74, 6) is 0. The summed E-state index contributed by atoms with van der Waals surface area (Å²) in [5.41, 5.74) is 1.41. The van der Waals surface area contributed by atoms with Gasteiger partial charge in [0.25, 0.3) is 0 Å². The fourth-order valence-corrected chi connectivity index (χ4v) is 1.67. The third-order valence-corrected chi connectivity index (χ3v) is 2.32. The normalized spacial score (nSPS) is 9.36. The molecule has 1 aromatic rings. The second kappa shape index (κ2) is 4.92. The van der Waals surface area contributed by atoms with Crippen molar-refractivity contribution in [2.75, 3.05) is 0 Å². The molecule has 0 radical (unpaired) electrons. The van der Waals surface area contributed by atoms with E-state index < -0.39 is 0 Å². The van der Waals surface area contributed by atoms with Crippen LogP contribution in [-0.4, -0.2) is 0 Å². The van der Waals surface area contributed by atoms with Crippen LogP contribution in [0.2, 0.25) is 0 Å². The second-order valence-corrected chi connectivity index (χ2v) is 3.28. The van der Waals surface area contributed by atoms with Gasteiger partial charge in [-0.15, -0.1) is 0 Å². The minimum atomic E-state index is 0.699. The van der Waals surface area contributed by atoms with Gasteiger partial charge >= 0.3 is 0 Å². The molecule has 1 nitrogen and oxygen atoms in total. The Hall–Kier alpha value is -0.810. The van der Waals surface area contributed by atoms with E-state index in [1.165, 1.54) is 5.56 Å². The van der Waals surface area contributed by atoms with Gasteiger partial charge in [0.2, 0.25) is 0 Å². The first-order valence-corrected chi connectivity index (χ1v) is 4.76. The predicted molar refractivity (Wildman–Crippen MR) is 47.5 cm³/mol. The number of rotatable bonds is 4. The highest BCUT2D eigenvalue weighted by Gasteiger charge is 1.92. The Balaban J connectivity index is 2.10. The van der Waals surface area contributed by atoms with Crippen molar-refractivity contribution in [2.24, 2.45) is 0 Å². The molecule has 11 heavy (non-hydrogen) atoms. The number of unbranched alkanes of at least 4 members (excludes halogenated alkanes) is 2. The van der Waals surface area contributed by atoms with Crippen molar-refractivity contribution in [3.63, 3.8) is 0 Å². The predicted octanol–water partition coefficient (Wildman–Crippen LogP) is 2.98. The molecule has 0 fully saturated rings. The summed E-state index contributed by atoms with van der Waals surface area (Å²) in [4.78, 5) is 0. The molecule has 0 aliphatic carbocycles. The third kappa shape index (κ3) is 3.20. The van der Waals surface area contributed by atoms with Crippen molar-refractivity contribution >= 4 is 11.3 Å². The third-order valence-electron chi connectivity index (χ3n) is 1.58. The van der Waals surface area contributed by atoms with Gasteiger partial charge in [-0.05, 0) is 41.7 Å². The quantitative estimate of drug-likeness (QED) is 0.629. The Morgan fingerprint density at radius 1 is 1.45 bits per heavy atom. The molecule has 2 heteroatoms. The first-order valence-electron chi connectivity index (χ1n) is 3.81. The van der Waals surface area contributed by atoms with E-state index in [1.807, 2.05) is 0 Å². The highest BCUT2D eigenvalue weighted by atomic mass is 32.1. The Kier molecular flexibility index (Phi) is 3.71. The van der Waals surface area contributed by atoms with E-state index in [0.717, 1.165) is 19.3 Å². The van der Waals surface area contributed by atoms with E-state index in [1.54, 1.807) is 11.3 Å². The van der Waals surface area contributed by atoms with Crippen molar-refractivity contribution in [1.29, 1.82) is 5.26 Å². The van der Waals surface area contributed by atoms with Crippen molar-refractivity contribution < 1.29 is 0 Å². The van der Waals surface area contributed by atoms with E-state index in [0.29, 0.717) is 6.42 Å². The Bertz CT molecular complexity index is 220. The van der Waals surface area contributed by atoms with E-state index in [-0.39, 0.29) is 0 Å². The average Bonchev–Trinajstić information content (AvgIpc) is 2.50. The van der Waals surface area contributed by atoms with Crippen molar-refractivity contribution in [2.45, 2.75) is 25.7 Å². The molecule has 0 saturated carbocycles. The summed E-state index contributed by atoms with van der Waals surface area (Å²) in [6.07, 6.45) is 4.01. The van der Waals surface area contributed by atoms with Crippen LogP contribution in [0.4, 0.5) is 0 Å². The van der Waals surface area contributed by atoms with Gasteiger partial charge in [0.1, 0.15) is 0 Å². The monoisotopic (exact) mass is 165 g/mol. The first-order chi connectivity index (χ1) is 5.43. The zero-order valence-corrected chi connectivity index (χ0v) is 7.23. The largest absolute Gasteiger partial charge is 0.198 e. The summed E-state index contributed by atoms with van der Waals surface area (Å²) >= 11 is 1.74. The van der Waals surface area contributed by atoms with Crippen LogP contribution >= 0.6 is 11.3 Å². The zero-order valence-electron chi connectivity index (χ0n) is 6.42. The lowest BCUT2D eigenvalue weighted by molar-refractivity contribution is 0.754. The summed E-state index contributed by atoms with van der Waals surface area (Å²) < 4.78 is 0. The zero-order chi connectivity index (χ0) is 7.94. The Morgan fingerprint density at radius 2 is 2.36 bits per heavy atom. The minimum absolute atomic E-state index is 0.699. The van der Waals surface area contributed by atoms with Crippen LogP contribution in [0.3, 0.4) is 0 Å². The number of thiophene rings is 1. The number of nitriles is 1. The standard InChI is InChI=1S/C9H11NS/c10-6-3-1-2-4-9-5-7-11-8-9/h5,7-8H,1-4H2. The molecule has 0 atom stereocenters. The molecule has 0 unspecified atom stereocenters. The van der Waals surface area contributed by atoms with Gasteiger partial charge in [0.15, 0.2) is 0 Å². The number of hydrogen-bond donors (Lipinski definition) is 0. The van der Waals surface area contributed by atoms with Gasteiger partial charge in [-0.3, -0.25) is 0 Å². The Morgan fingerprint density at radius 3 is 3.00 bits per heavy atom. The molecule has 1 aromatic heterocycles. The maximum atomic E-state index is 8.28. The summed E-state index contributed by atoms with van der Waals surface area (Å²) in [7, 11) is 0.